The second-order valence-electron chi connectivity index (χ2n) is 31.6. The molecule has 0 spiro atoms. The number of nitrogens with zero attached hydrogens (tertiary/aromatic N) is 20. The molecule has 3 aliphatic heterocycles. The number of halogens is 1. The zero-order chi connectivity index (χ0) is 78.8. The third kappa shape index (κ3) is 19.9. The predicted octanol–water partition coefficient (Wildman–Crippen LogP) is 11.9. The molecule has 0 unspecified atom stereocenters. The Morgan fingerprint density at radius 1 is 0.441 bits per heavy atom. The average Bonchev–Trinajstić information content (AvgIpc) is 1.63. The number of fused-ring (bicyclic) bond motifs is 3. The van der Waals surface area contributed by atoms with Gasteiger partial charge in [-0.2, -0.15) is 15.0 Å². The number of hydrogen-bond donors (Lipinski definition) is 4. The summed E-state index contributed by atoms with van der Waals surface area (Å²) in [6, 6.07) is 18.3. The fourth-order valence-electron chi connectivity index (χ4n) is 14.9. The van der Waals surface area contributed by atoms with E-state index in [-0.39, 0.29) is 41.2 Å². The number of pyridine rings is 3. The zero-order valence-electron chi connectivity index (χ0n) is 66.1. The molecule has 6 fully saturated rings. The first-order chi connectivity index (χ1) is 53.1. The second-order valence-corrected chi connectivity index (χ2v) is 32.0. The fraction of sp³-hybridized carbons (Fsp3) is 0.519. The van der Waals surface area contributed by atoms with Crippen molar-refractivity contribution in [2.75, 3.05) is 152 Å². The van der Waals surface area contributed by atoms with Gasteiger partial charge in [0.05, 0.1) is 35.7 Å². The van der Waals surface area contributed by atoms with Gasteiger partial charge < -0.3 is 84.1 Å². The molecule has 31 nitrogen and oxygen atoms in total. The number of amides is 5. The molecule has 3 aliphatic carbocycles. The largest absolute Gasteiger partial charge is 0.444 e. The number of carbonyl (C=O) groups is 5. The highest BCUT2D eigenvalue weighted by atomic mass is 35.5. The Morgan fingerprint density at radius 3 is 1.10 bits per heavy atom. The Bertz CT molecular complexity index is 4680. The Balaban J connectivity index is 0.000000143. The Kier molecular flexibility index (Phi) is 25.3. The molecule has 111 heavy (non-hydrogen) atoms. The van der Waals surface area contributed by atoms with E-state index in [1.807, 2.05) is 96.4 Å². The smallest absolute Gasteiger partial charge is 0.410 e. The first kappa shape index (κ1) is 79.8. The van der Waals surface area contributed by atoms with Crippen molar-refractivity contribution in [2.24, 2.45) is 0 Å². The van der Waals surface area contributed by atoms with Crippen LogP contribution in [0.3, 0.4) is 0 Å². The summed E-state index contributed by atoms with van der Waals surface area (Å²) in [4.78, 5) is 118. The first-order valence-electron chi connectivity index (χ1n) is 38.7. The number of anilines is 8. The van der Waals surface area contributed by atoms with Crippen molar-refractivity contribution >= 4 is 121 Å². The van der Waals surface area contributed by atoms with Crippen LogP contribution < -0.4 is 36.4 Å². The Hall–Kier alpha value is -10.7. The molecular weight excluding hydrogens is 1430 g/mol. The first-order valence-corrected chi connectivity index (χ1v) is 39.0. The van der Waals surface area contributed by atoms with Gasteiger partial charge in [0.15, 0.2) is 0 Å². The fourth-order valence-corrected chi connectivity index (χ4v) is 15.0. The van der Waals surface area contributed by atoms with Gasteiger partial charge in [-0.1, -0.05) is 38.5 Å². The van der Waals surface area contributed by atoms with Gasteiger partial charge in [0.1, 0.15) is 62.7 Å². The molecule has 5 amide bonds. The minimum atomic E-state index is -0.499. The summed E-state index contributed by atoms with van der Waals surface area (Å²) >= 11 is 5.92. The molecule has 32 heteroatoms. The molecule has 0 radical (unpaired) electrons. The summed E-state index contributed by atoms with van der Waals surface area (Å²) in [5.74, 6) is 2.73. The van der Waals surface area contributed by atoms with E-state index in [0.29, 0.717) is 97.8 Å². The van der Waals surface area contributed by atoms with Crippen LogP contribution in [-0.4, -0.2) is 245 Å². The molecule has 5 N–H and O–H groups in total. The highest BCUT2D eigenvalue weighted by Crippen LogP contribution is 2.39. The van der Waals surface area contributed by atoms with Crippen LogP contribution in [0.15, 0.2) is 91.8 Å². The molecule has 3 saturated heterocycles. The average molecular weight is 1540 g/mol. The van der Waals surface area contributed by atoms with Gasteiger partial charge in [-0.05, 0) is 146 Å². The van der Waals surface area contributed by atoms with Crippen molar-refractivity contribution in [1.82, 2.24) is 88.4 Å². The molecule has 3 saturated carbocycles. The molecule has 0 aromatic carbocycles. The molecule has 6 aliphatic rings. The van der Waals surface area contributed by atoms with E-state index < -0.39 is 11.2 Å². The topological polar surface area (TPSA) is 323 Å². The van der Waals surface area contributed by atoms with Crippen LogP contribution in [0.5, 0.6) is 0 Å². The lowest BCUT2D eigenvalue weighted by atomic mass is 10.2. The summed E-state index contributed by atoms with van der Waals surface area (Å²) in [6.45, 7) is 20.7. The van der Waals surface area contributed by atoms with Crippen molar-refractivity contribution in [3.8, 4) is 0 Å². The van der Waals surface area contributed by atoms with E-state index in [4.69, 9.17) is 36.8 Å². The van der Waals surface area contributed by atoms with Gasteiger partial charge in [-0.25, -0.2) is 39.5 Å². The highest BCUT2D eigenvalue weighted by molar-refractivity contribution is 6.28. The third-order valence-electron chi connectivity index (χ3n) is 20.5. The van der Waals surface area contributed by atoms with Gasteiger partial charge in [0.25, 0.3) is 17.7 Å². The number of carbonyl (C=O) groups excluding carboxylic acids is 5. The van der Waals surface area contributed by atoms with Crippen LogP contribution in [0, 0.1) is 0 Å². The van der Waals surface area contributed by atoms with Gasteiger partial charge in [-0.3, -0.25) is 14.4 Å². The third-order valence-corrected chi connectivity index (χ3v) is 20.6. The standard InChI is InChI=1S/C28H38N8O3.C23H30N8O.C14H17ClN4O.C14H22N4O2/c1-28(2,3)39-27(38)35-14-12-34(13-15-35)21-10-11-23(29-18-21)31-26-30-17-19-16-22(25(37)33(4)5)36(24(19)32-26)20-8-6-7-9-20;1-29(2)22(32)19-13-16-14-26-23(28-21(16)31(19)17-5-3-4-6-17)27-20-8-7-18(15-25-20)30-11-9-24-10-12-30;1-18(2)13(20)11-7-9-8-16-14(15)17-12(9)19(11)10-5-3-4-6-10;1-14(2,3)20-13(19)18-8-6-17(7-9-18)11-4-5-12(15)16-10-11/h10-11,16-18,20H,6-9,12-15H2,1-5H3,(H,29,30,31,32);7-8,13-15,17,24H,3-6,9-12H2,1-2H3,(H,25,26,27,28);7-8,10H,3-6H2,1-2H3;4-5,10H,6-9H2,1-3H3,(H2,15,16). The van der Waals surface area contributed by atoms with Crippen molar-refractivity contribution in [1.29, 1.82) is 0 Å². The summed E-state index contributed by atoms with van der Waals surface area (Å²) < 4.78 is 17.1. The molecule has 0 atom stereocenters. The Morgan fingerprint density at radius 2 is 0.775 bits per heavy atom. The normalized spacial score (nSPS) is 16.5. The number of nitrogen functional groups attached to an aromatic ring is 1. The summed E-state index contributed by atoms with van der Waals surface area (Å²) in [5.41, 5.74) is 12.1. The van der Waals surface area contributed by atoms with Crippen LogP contribution in [0.4, 0.5) is 56.0 Å². The van der Waals surface area contributed by atoms with Crippen LogP contribution in [0.25, 0.3) is 33.1 Å². The molecule has 9 aromatic heterocycles. The van der Waals surface area contributed by atoms with Gasteiger partial charge >= 0.3 is 12.2 Å². The van der Waals surface area contributed by atoms with E-state index in [1.165, 1.54) is 25.7 Å². The van der Waals surface area contributed by atoms with Crippen molar-refractivity contribution in [3.63, 3.8) is 0 Å². The second kappa shape index (κ2) is 35.1. The number of piperazine rings is 3. The van der Waals surface area contributed by atoms with Gasteiger partial charge in [0, 0.05) is 174 Å². The lowest BCUT2D eigenvalue weighted by Crippen LogP contribution is -2.50. The molecule has 12 heterocycles. The minimum absolute atomic E-state index is 0.00502. The molecule has 9 aromatic rings. The summed E-state index contributed by atoms with van der Waals surface area (Å²) in [7, 11) is 10.6. The summed E-state index contributed by atoms with van der Waals surface area (Å²) in [6.07, 6.45) is 23.6. The van der Waals surface area contributed by atoms with Crippen LogP contribution in [-0.2, 0) is 9.47 Å². The number of nitrogens with two attached hydrogens (primary N) is 1. The van der Waals surface area contributed by atoms with E-state index in [0.717, 1.165) is 141 Å². The van der Waals surface area contributed by atoms with Crippen LogP contribution in [0.2, 0.25) is 5.28 Å². The van der Waals surface area contributed by atoms with E-state index in [2.05, 4.69) is 85.3 Å². The summed E-state index contributed by atoms with van der Waals surface area (Å²) in [5, 5.41) is 12.6. The molecular formula is C79H107ClN24O7. The zero-order valence-corrected chi connectivity index (χ0v) is 66.9. The van der Waals surface area contributed by atoms with E-state index in [9.17, 15) is 24.0 Å². The van der Waals surface area contributed by atoms with Gasteiger partial charge in [-0.15, -0.1) is 0 Å². The number of hydrogen-bond acceptors (Lipinski definition) is 23. The number of ether oxygens (including phenoxy) is 2. The molecule has 592 valence electrons. The minimum Gasteiger partial charge on any atom is -0.444 e. The monoisotopic (exact) mass is 1540 g/mol. The van der Waals surface area contributed by atoms with Gasteiger partial charge in [0.2, 0.25) is 17.2 Å². The lowest BCUT2D eigenvalue weighted by Gasteiger charge is -2.36. The Labute approximate surface area is 653 Å². The van der Waals surface area contributed by atoms with E-state index in [1.54, 1.807) is 97.6 Å². The van der Waals surface area contributed by atoms with Crippen LogP contribution in [0.1, 0.15) is 168 Å². The van der Waals surface area contributed by atoms with E-state index >= 15 is 0 Å². The number of rotatable bonds is 13. The van der Waals surface area contributed by atoms with Crippen molar-refractivity contribution < 1.29 is 33.4 Å². The predicted molar refractivity (Wildman–Crippen MR) is 433 cm³/mol. The molecule has 0 bridgehead atoms. The lowest BCUT2D eigenvalue weighted by molar-refractivity contribution is 0.0230. The number of nitrogens with one attached hydrogen (secondary N) is 3. The van der Waals surface area contributed by atoms with Crippen molar-refractivity contribution in [2.45, 2.75) is 148 Å². The number of aromatic nitrogens is 12. The maximum Gasteiger partial charge on any atom is 0.410 e. The van der Waals surface area contributed by atoms with Crippen LogP contribution >= 0.6 is 11.6 Å². The SMILES string of the molecule is CC(C)(C)OC(=O)N1CCN(c2ccc(N)nc2)CC1.CN(C)C(=O)c1cc2cnc(Cl)nc2n1C1CCCC1.CN(C)C(=O)c1cc2cnc(Nc3ccc(N4CCN(C(=O)OC(C)(C)C)CC4)cn3)nc2n1C1CCCC1.CN(C)C(=O)c1cc2cnc(Nc3ccc(N4CCNCC4)cn3)nc2n1C1CCCC1. The molecule has 15 rings (SSSR count). The maximum absolute atomic E-state index is 12.9. The van der Waals surface area contributed by atoms with Crippen molar-refractivity contribution in [3.05, 3.63) is 114 Å². The highest BCUT2D eigenvalue weighted by Gasteiger charge is 2.33. The maximum atomic E-state index is 12.9. The quantitative estimate of drug-likeness (QED) is 0.0779.